The second-order valence-electron chi connectivity index (χ2n) is 10.4. The number of rotatable bonds is 8. The van der Waals surface area contributed by atoms with E-state index < -0.39 is 5.97 Å². The Morgan fingerprint density at radius 1 is 1.12 bits per heavy atom. The second-order valence-corrected chi connectivity index (χ2v) is 10.4. The van der Waals surface area contributed by atoms with Gasteiger partial charge in [0.2, 0.25) is 11.7 Å². The third-order valence-corrected chi connectivity index (χ3v) is 8.05. The lowest BCUT2D eigenvalue weighted by Crippen LogP contribution is -2.54. The van der Waals surface area contributed by atoms with E-state index >= 15 is 0 Å². The molecular formula is C26H32N2O5. The van der Waals surface area contributed by atoms with Crippen molar-refractivity contribution >= 4 is 17.7 Å². The maximum absolute atomic E-state index is 13.0. The number of hydrogen-bond donors (Lipinski definition) is 1. The fraction of sp³-hybridized carbons (Fsp3) is 0.577. The van der Waals surface area contributed by atoms with Crippen LogP contribution in [0.5, 0.6) is 0 Å². The standard InChI is InChI=1S/C26H32N2O5/c1-16-6-22(17(2)28(16)14-21-4-3-5-32-21)23(29)15-33-24(30)13-27-25(31)26-10-18-7-19(11-26)9-20(8-18)12-26/h3-6,18-20H,7-15H2,1-2H3,(H,27,31). The van der Waals surface area contributed by atoms with E-state index in [1.54, 1.807) is 6.26 Å². The van der Waals surface area contributed by atoms with Gasteiger partial charge in [0.05, 0.1) is 12.8 Å². The molecule has 7 nitrogen and oxygen atoms in total. The van der Waals surface area contributed by atoms with Crippen molar-refractivity contribution in [3.63, 3.8) is 0 Å². The number of ketones is 1. The molecule has 33 heavy (non-hydrogen) atoms. The molecule has 0 radical (unpaired) electrons. The molecule has 0 unspecified atom stereocenters. The SMILES string of the molecule is Cc1cc(C(=O)COC(=O)CNC(=O)C23CC4CC(CC(C4)C2)C3)c(C)n1Cc1ccco1. The number of amides is 1. The van der Waals surface area contributed by atoms with Gasteiger partial charge in [0.15, 0.2) is 6.61 Å². The zero-order valence-electron chi connectivity index (χ0n) is 19.4. The summed E-state index contributed by atoms with van der Waals surface area (Å²) in [5.74, 6) is 1.96. The van der Waals surface area contributed by atoms with E-state index in [-0.39, 0.29) is 30.3 Å². The van der Waals surface area contributed by atoms with Gasteiger partial charge in [-0.2, -0.15) is 0 Å². The van der Waals surface area contributed by atoms with Gasteiger partial charge in [0, 0.05) is 22.4 Å². The minimum atomic E-state index is -0.578. The van der Waals surface area contributed by atoms with Crippen LogP contribution in [0.25, 0.3) is 0 Å². The average molecular weight is 453 g/mol. The number of ether oxygens (including phenoxy) is 1. The van der Waals surface area contributed by atoms with E-state index in [1.807, 2.05) is 36.6 Å². The molecule has 4 fully saturated rings. The van der Waals surface area contributed by atoms with Gasteiger partial charge in [0.1, 0.15) is 12.3 Å². The Morgan fingerprint density at radius 2 is 1.79 bits per heavy atom. The first kappa shape index (κ1) is 22.0. The van der Waals surface area contributed by atoms with Crippen LogP contribution in [0.15, 0.2) is 28.9 Å². The topological polar surface area (TPSA) is 90.5 Å². The number of furan rings is 1. The number of aryl methyl sites for hydroxylation is 1. The lowest BCUT2D eigenvalue weighted by atomic mass is 9.49. The highest BCUT2D eigenvalue weighted by molar-refractivity contribution is 5.99. The van der Waals surface area contributed by atoms with Crippen molar-refractivity contribution < 1.29 is 23.5 Å². The van der Waals surface area contributed by atoms with Gasteiger partial charge in [-0.15, -0.1) is 0 Å². The molecule has 0 spiro atoms. The summed E-state index contributed by atoms with van der Waals surface area (Å²) in [7, 11) is 0. The van der Waals surface area contributed by atoms with Gasteiger partial charge in [0.25, 0.3) is 0 Å². The summed E-state index contributed by atoms with van der Waals surface area (Å²) in [4.78, 5) is 38.0. The third kappa shape index (κ3) is 4.25. The van der Waals surface area contributed by atoms with Crippen LogP contribution in [-0.4, -0.2) is 35.4 Å². The maximum Gasteiger partial charge on any atom is 0.325 e. The van der Waals surface area contributed by atoms with Crippen LogP contribution in [0.1, 0.15) is 66.0 Å². The average Bonchev–Trinajstić information content (AvgIpc) is 3.38. The highest BCUT2D eigenvalue weighted by Gasteiger charge is 2.54. The van der Waals surface area contributed by atoms with Crippen molar-refractivity contribution in [1.29, 1.82) is 0 Å². The van der Waals surface area contributed by atoms with Crippen LogP contribution in [0, 0.1) is 37.0 Å². The first-order chi connectivity index (χ1) is 15.8. The number of nitrogens with zero attached hydrogens (tertiary/aromatic N) is 1. The number of esters is 1. The lowest BCUT2D eigenvalue weighted by Gasteiger charge is -2.55. The molecule has 6 rings (SSSR count). The zero-order valence-corrected chi connectivity index (χ0v) is 19.4. The molecule has 2 aromatic heterocycles. The van der Waals surface area contributed by atoms with E-state index in [0.717, 1.165) is 36.4 Å². The largest absolute Gasteiger partial charge is 0.467 e. The molecule has 1 amide bonds. The predicted molar refractivity (Wildman–Crippen MR) is 121 cm³/mol. The van der Waals surface area contributed by atoms with Crippen LogP contribution < -0.4 is 5.32 Å². The first-order valence-corrected chi connectivity index (χ1v) is 12.0. The summed E-state index contributed by atoms with van der Waals surface area (Å²) in [6.45, 7) is 3.81. The van der Waals surface area contributed by atoms with Crippen LogP contribution in [0.4, 0.5) is 0 Å². The fourth-order valence-electron chi connectivity index (χ4n) is 6.89. The van der Waals surface area contributed by atoms with Crippen LogP contribution >= 0.6 is 0 Å². The summed E-state index contributed by atoms with van der Waals surface area (Å²) in [6.07, 6.45) is 8.26. The van der Waals surface area contributed by atoms with Crippen molar-refractivity contribution in [3.8, 4) is 0 Å². The Hall–Kier alpha value is -2.83. The maximum atomic E-state index is 13.0. The predicted octanol–water partition coefficient (Wildman–Crippen LogP) is 3.80. The Bertz CT molecular complexity index is 1030. The number of nitrogens with one attached hydrogen (secondary N) is 1. The van der Waals surface area contributed by atoms with Gasteiger partial charge < -0.3 is 19.0 Å². The van der Waals surface area contributed by atoms with Gasteiger partial charge in [-0.3, -0.25) is 14.4 Å². The molecule has 2 aromatic rings. The molecule has 0 aliphatic heterocycles. The van der Waals surface area contributed by atoms with Gasteiger partial charge in [-0.1, -0.05) is 0 Å². The second kappa shape index (κ2) is 8.50. The zero-order chi connectivity index (χ0) is 23.2. The molecule has 1 N–H and O–H groups in total. The van der Waals surface area contributed by atoms with Gasteiger partial charge in [-0.05, 0) is 88.3 Å². The van der Waals surface area contributed by atoms with E-state index in [2.05, 4.69) is 5.32 Å². The third-order valence-electron chi connectivity index (χ3n) is 8.05. The van der Waals surface area contributed by atoms with Crippen molar-refractivity contribution in [3.05, 3.63) is 47.2 Å². The molecular weight excluding hydrogens is 420 g/mol. The molecule has 2 heterocycles. The monoisotopic (exact) mass is 452 g/mol. The highest BCUT2D eigenvalue weighted by Crippen LogP contribution is 2.60. The van der Waals surface area contributed by atoms with Crippen LogP contribution in [0.2, 0.25) is 0 Å². The van der Waals surface area contributed by atoms with Crippen molar-refractivity contribution in [2.24, 2.45) is 23.2 Å². The van der Waals surface area contributed by atoms with Gasteiger partial charge >= 0.3 is 5.97 Å². The Morgan fingerprint density at radius 3 is 2.39 bits per heavy atom. The molecule has 4 saturated carbocycles. The van der Waals surface area contributed by atoms with Crippen molar-refractivity contribution in [2.45, 2.75) is 58.9 Å². The highest BCUT2D eigenvalue weighted by atomic mass is 16.5. The van der Waals surface area contributed by atoms with E-state index in [0.29, 0.717) is 29.9 Å². The minimum absolute atomic E-state index is 0.00801. The van der Waals surface area contributed by atoms with Crippen molar-refractivity contribution in [2.75, 3.05) is 13.2 Å². The summed E-state index contributed by atoms with van der Waals surface area (Å²) in [6, 6.07) is 5.53. The quantitative estimate of drug-likeness (QED) is 0.486. The molecule has 176 valence electrons. The molecule has 4 aliphatic carbocycles. The molecule has 0 atom stereocenters. The van der Waals surface area contributed by atoms with E-state index in [9.17, 15) is 14.4 Å². The Kier molecular flexibility index (Phi) is 5.67. The number of hydrogen-bond acceptors (Lipinski definition) is 5. The number of aromatic nitrogens is 1. The summed E-state index contributed by atoms with van der Waals surface area (Å²) in [5, 5.41) is 2.81. The molecule has 7 heteroatoms. The molecule has 4 bridgehead atoms. The Labute approximate surface area is 193 Å². The van der Waals surface area contributed by atoms with E-state index in [4.69, 9.17) is 9.15 Å². The Balaban J connectivity index is 1.13. The van der Waals surface area contributed by atoms with Crippen molar-refractivity contribution in [1.82, 2.24) is 9.88 Å². The van der Waals surface area contributed by atoms with Gasteiger partial charge in [-0.25, -0.2) is 0 Å². The fourth-order valence-corrected chi connectivity index (χ4v) is 6.89. The molecule has 4 aliphatic rings. The van der Waals surface area contributed by atoms with Crippen LogP contribution in [0.3, 0.4) is 0 Å². The first-order valence-electron chi connectivity index (χ1n) is 12.0. The normalized spacial score (nSPS) is 27.5. The lowest BCUT2D eigenvalue weighted by molar-refractivity contribution is -0.150. The number of carbonyl (C=O) groups is 3. The van der Waals surface area contributed by atoms with Crippen LogP contribution in [-0.2, 0) is 20.9 Å². The summed E-state index contributed by atoms with van der Waals surface area (Å²) in [5.41, 5.74) is 1.97. The summed E-state index contributed by atoms with van der Waals surface area (Å²) >= 11 is 0. The smallest absolute Gasteiger partial charge is 0.325 e. The molecule has 0 saturated heterocycles. The minimum Gasteiger partial charge on any atom is -0.467 e. The molecule has 0 aromatic carbocycles. The number of carbonyl (C=O) groups excluding carboxylic acids is 3. The van der Waals surface area contributed by atoms with E-state index in [1.165, 1.54) is 19.3 Å². The number of Topliss-reactive ketones (excluding diaryl/α,β-unsaturated/α-hetero) is 1. The summed E-state index contributed by atoms with van der Waals surface area (Å²) < 4.78 is 12.6.